The van der Waals surface area contributed by atoms with Gasteiger partial charge in [0, 0.05) is 0 Å². The second-order valence-electron chi connectivity index (χ2n) is 4.21. The van der Waals surface area contributed by atoms with Crippen LogP contribution < -0.4 is 4.74 Å². The Morgan fingerprint density at radius 3 is 2.86 bits per heavy atom. The molecule has 0 unspecified atom stereocenters. The highest BCUT2D eigenvalue weighted by molar-refractivity contribution is 9.10. The Bertz CT molecular complexity index is 374. The zero-order valence-electron chi connectivity index (χ0n) is 8.23. The molecule has 1 nitrogen and oxygen atoms in total. The van der Waals surface area contributed by atoms with Crippen molar-refractivity contribution in [2.75, 3.05) is 0 Å². The molecule has 0 saturated carbocycles. The monoisotopic (exact) mass is 258 g/mol. The van der Waals surface area contributed by atoms with Gasteiger partial charge in [-0.05, 0) is 54.2 Å². The van der Waals surface area contributed by atoms with Gasteiger partial charge in [-0.25, -0.2) is 4.39 Å². The molecule has 0 aliphatic carbocycles. The Balaban J connectivity index is 2.49. The molecule has 0 radical (unpaired) electrons. The predicted molar refractivity (Wildman–Crippen MR) is 57.1 cm³/mol. The van der Waals surface area contributed by atoms with Gasteiger partial charge in [-0.2, -0.15) is 0 Å². The van der Waals surface area contributed by atoms with Crippen LogP contribution in [0.2, 0.25) is 0 Å². The number of aryl methyl sites for hydroxylation is 1. The van der Waals surface area contributed by atoms with Gasteiger partial charge in [0.15, 0.2) is 0 Å². The molecule has 1 aromatic carbocycles. The van der Waals surface area contributed by atoms with Gasteiger partial charge in [-0.15, -0.1) is 0 Å². The summed E-state index contributed by atoms with van der Waals surface area (Å²) in [5.41, 5.74) is 0.890. The van der Waals surface area contributed by atoms with Gasteiger partial charge in [-0.3, -0.25) is 0 Å². The van der Waals surface area contributed by atoms with E-state index in [1.54, 1.807) is 6.07 Å². The lowest BCUT2D eigenvalue weighted by molar-refractivity contribution is 0.0830. The summed E-state index contributed by atoms with van der Waals surface area (Å²) in [4.78, 5) is 0. The molecule has 14 heavy (non-hydrogen) atoms. The maximum absolute atomic E-state index is 13.2. The van der Waals surface area contributed by atoms with Crippen molar-refractivity contribution in [2.45, 2.75) is 32.3 Å². The molecule has 0 atom stereocenters. The SMILES string of the molecule is CC1(C)CCc2ccc(F)c(Br)c2O1. The summed E-state index contributed by atoms with van der Waals surface area (Å²) in [6.45, 7) is 4.04. The lowest BCUT2D eigenvalue weighted by atomic mass is 9.94. The highest BCUT2D eigenvalue weighted by atomic mass is 79.9. The van der Waals surface area contributed by atoms with Crippen LogP contribution in [0.1, 0.15) is 25.8 Å². The molecule has 0 amide bonds. The van der Waals surface area contributed by atoms with Crippen molar-refractivity contribution in [1.29, 1.82) is 0 Å². The quantitative estimate of drug-likeness (QED) is 0.690. The third-order valence-electron chi connectivity index (χ3n) is 2.51. The van der Waals surface area contributed by atoms with Crippen molar-refractivity contribution < 1.29 is 9.13 Å². The summed E-state index contributed by atoms with van der Waals surface area (Å²) in [7, 11) is 0. The number of rotatable bonds is 0. The maximum Gasteiger partial charge on any atom is 0.141 e. The van der Waals surface area contributed by atoms with E-state index in [0.717, 1.165) is 18.4 Å². The number of benzene rings is 1. The average molecular weight is 259 g/mol. The van der Waals surface area contributed by atoms with Crippen LogP contribution in [0.25, 0.3) is 0 Å². The van der Waals surface area contributed by atoms with E-state index in [9.17, 15) is 4.39 Å². The molecule has 3 heteroatoms. The molecule has 1 aromatic rings. The number of halogens is 2. The fourth-order valence-corrected chi connectivity index (χ4v) is 2.11. The Hall–Kier alpha value is -0.570. The fraction of sp³-hybridized carbons (Fsp3) is 0.455. The largest absolute Gasteiger partial charge is 0.486 e. The molecule has 0 aromatic heterocycles. The molecule has 0 saturated heterocycles. The lowest BCUT2D eigenvalue weighted by Crippen LogP contribution is -2.32. The fourth-order valence-electron chi connectivity index (χ4n) is 1.64. The second kappa shape index (κ2) is 3.23. The Kier molecular flexibility index (Phi) is 2.30. The third kappa shape index (κ3) is 1.65. The second-order valence-corrected chi connectivity index (χ2v) is 5.00. The number of fused-ring (bicyclic) bond motifs is 1. The van der Waals surface area contributed by atoms with Crippen LogP contribution in [0, 0.1) is 5.82 Å². The van der Waals surface area contributed by atoms with E-state index in [4.69, 9.17) is 4.74 Å². The number of hydrogen-bond donors (Lipinski definition) is 0. The Morgan fingerprint density at radius 2 is 2.14 bits per heavy atom. The van der Waals surface area contributed by atoms with Gasteiger partial charge >= 0.3 is 0 Å². The van der Waals surface area contributed by atoms with Crippen molar-refractivity contribution in [3.8, 4) is 5.75 Å². The van der Waals surface area contributed by atoms with E-state index < -0.39 is 0 Å². The average Bonchev–Trinajstić information content (AvgIpc) is 2.11. The van der Waals surface area contributed by atoms with Crippen LogP contribution in [0.4, 0.5) is 4.39 Å². The summed E-state index contributed by atoms with van der Waals surface area (Å²) < 4.78 is 19.4. The summed E-state index contributed by atoms with van der Waals surface area (Å²) in [5.74, 6) is 0.405. The van der Waals surface area contributed by atoms with E-state index in [1.807, 2.05) is 13.8 Å². The van der Waals surface area contributed by atoms with E-state index in [2.05, 4.69) is 15.9 Å². The third-order valence-corrected chi connectivity index (χ3v) is 3.25. The van der Waals surface area contributed by atoms with Crippen LogP contribution in [-0.4, -0.2) is 5.60 Å². The van der Waals surface area contributed by atoms with Gasteiger partial charge < -0.3 is 4.74 Å². The maximum atomic E-state index is 13.2. The summed E-state index contributed by atoms with van der Waals surface area (Å²) >= 11 is 3.22. The van der Waals surface area contributed by atoms with Crippen LogP contribution in [0.15, 0.2) is 16.6 Å². The molecular weight excluding hydrogens is 247 g/mol. The molecule has 76 valence electrons. The smallest absolute Gasteiger partial charge is 0.141 e. The first-order chi connectivity index (χ1) is 6.49. The number of ether oxygens (including phenoxy) is 1. The summed E-state index contributed by atoms with van der Waals surface area (Å²) in [6.07, 6.45) is 1.92. The van der Waals surface area contributed by atoms with E-state index >= 15 is 0 Å². The van der Waals surface area contributed by atoms with Crippen molar-refractivity contribution >= 4 is 15.9 Å². The molecule has 1 aliphatic rings. The van der Waals surface area contributed by atoms with Crippen molar-refractivity contribution in [3.63, 3.8) is 0 Å². The minimum atomic E-state index is -0.263. The minimum Gasteiger partial charge on any atom is -0.486 e. The van der Waals surface area contributed by atoms with Crippen molar-refractivity contribution in [1.82, 2.24) is 0 Å². The molecular formula is C11H12BrFO. The lowest BCUT2D eigenvalue weighted by Gasteiger charge is -2.33. The van der Waals surface area contributed by atoms with E-state index in [0.29, 0.717) is 10.2 Å². The van der Waals surface area contributed by atoms with Gasteiger partial charge in [-0.1, -0.05) is 6.07 Å². The molecule has 2 rings (SSSR count). The predicted octanol–water partition coefficient (Wildman–Crippen LogP) is 3.69. The molecule has 0 N–H and O–H groups in total. The van der Waals surface area contributed by atoms with E-state index in [1.165, 1.54) is 6.07 Å². The topological polar surface area (TPSA) is 9.23 Å². The first-order valence-electron chi connectivity index (χ1n) is 4.65. The van der Waals surface area contributed by atoms with Crippen molar-refractivity contribution in [2.24, 2.45) is 0 Å². The minimum absolute atomic E-state index is 0.191. The molecule has 1 aliphatic heterocycles. The van der Waals surface area contributed by atoms with Gasteiger partial charge in [0.2, 0.25) is 0 Å². The van der Waals surface area contributed by atoms with Crippen LogP contribution >= 0.6 is 15.9 Å². The normalized spacial score (nSPS) is 18.6. The van der Waals surface area contributed by atoms with Gasteiger partial charge in [0.25, 0.3) is 0 Å². The molecule has 0 fully saturated rings. The number of hydrogen-bond acceptors (Lipinski definition) is 1. The Labute approximate surface area is 91.4 Å². The zero-order chi connectivity index (χ0) is 10.3. The van der Waals surface area contributed by atoms with Crippen LogP contribution in [0.3, 0.4) is 0 Å². The first kappa shape index (κ1) is 9.97. The Morgan fingerprint density at radius 1 is 1.43 bits per heavy atom. The molecule has 0 bridgehead atoms. The first-order valence-corrected chi connectivity index (χ1v) is 5.45. The van der Waals surface area contributed by atoms with Crippen molar-refractivity contribution in [3.05, 3.63) is 28.0 Å². The summed E-state index contributed by atoms with van der Waals surface area (Å²) in [6, 6.07) is 3.27. The van der Waals surface area contributed by atoms with Gasteiger partial charge in [0.05, 0.1) is 4.47 Å². The van der Waals surface area contributed by atoms with Crippen LogP contribution in [-0.2, 0) is 6.42 Å². The van der Waals surface area contributed by atoms with E-state index in [-0.39, 0.29) is 11.4 Å². The zero-order valence-corrected chi connectivity index (χ0v) is 9.82. The standard InChI is InChI=1S/C11H12BrFO/c1-11(2)6-5-7-3-4-8(13)9(12)10(7)14-11/h3-4H,5-6H2,1-2H3. The molecule has 0 spiro atoms. The highest BCUT2D eigenvalue weighted by Gasteiger charge is 2.28. The van der Waals surface area contributed by atoms with Crippen LogP contribution in [0.5, 0.6) is 5.75 Å². The van der Waals surface area contributed by atoms with Gasteiger partial charge in [0.1, 0.15) is 17.2 Å². The molecule has 1 heterocycles. The highest BCUT2D eigenvalue weighted by Crippen LogP contribution is 2.39. The summed E-state index contributed by atoms with van der Waals surface area (Å²) in [5, 5.41) is 0.